The molecule has 2 aromatic heterocycles. The molecular weight excluding hydrogens is 356 g/mol. The minimum Gasteiger partial charge on any atom is -0.423 e. The van der Waals surface area contributed by atoms with Gasteiger partial charge >= 0.3 is 0 Å². The average molecular weight is 375 g/mol. The monoisotopic (exact) mass is 374 g/mol. The third kappa shape index (κ3) is 2.99. The Morgan fingerprint density at radius 2 is 2.28 bits per heavy atom. The number of nitrogens with zero attached hydrogens (tertiary/aromatic N) is 3. The highest BCUT2D eigenvalue weighted by atomic mass is 35.5. The van der Waals surface area contributed by atoms with E-state index in [1.54, 1.807) is 18.0 Å². The first kappa shape index (κ1) is 16.7. The lowest BCUT2D eigenvalue weighted by Crippen LogP contribution is -2.50. The number of hydrogen-bond acceptors (Lipinski definition) is 6. The van der Waals surface area contributed by atoms with E-state index in [9.17, 15) is 0 Å². The molecule has 3 heterocycles. The van der Waals surface area contributed by atoms with Crippen molar-refractivity contribution in [2.45, 2.75) is 17.9 Å². The van der Waals surface area contributed by atoms with Gasteiger partial charge in [-0.3, -0.25) is 4.98 Å². The molecule has 3 aromatic rings. The van der Waals surface area contributed by atoms with Crippen molar-refractivity contribution in [2.24, 2.45) is 0 Å². The van der Waals surface area contributed by atoms with Gasteiger partial charge in [-0.05, 0) is 31.4 Å². The molecule has 1 N–H and O–H groups in total. The number of nitrogens with one attached hydrogen (secondary N) is 1. The second kappa shape index (κ2) is 6.86. The van der Waals surface area contributed by atoms with Crippen molar-refractivity contribution in [3.05, 3.63) is 35.5 Å². The molecule has 1 aliphatic rings. The highest BCUT2D eigenvalue weighted by molar-refractivity contribution is 7.99. The van der Waals surface area contributed by atoms with Gasteiger partial charge < -0.3 is 14.6 Å². The lowest BCUT2D eigenvalue weighted by molar-refractivity contribution is 0.456. The molecule has 1 unspecified atom stereocenters. The van der Waals surface area contributed by atoms with Crippen molar-refractivity contribution in [2.75, 3.05) is 30.8 Å². The molecule has 0 saturated carbocycles. The molecule has 1 fully saturated rings. The fraction of sp³-hybridized carbons (Fsp3) is 0.333. The van der Waals surface area contributed by atoms with Gasteiger partial charge in [0.25, 0.3) is 6.01 Å². The van der Waals surface area contributed by atoms with Crippen LogP contribution in [-0.2, 0) is 0 Å². The molecule has 0 aliphatic carbocycles. The molecule has 0 amide bonds. The SMILES string of the molecule is CSc1c(Cl)cc(-c2ccccn2)c2oc(N3CCNCC3C)nc12. The third-order valence-electron chi connectivity index (χ3n) is 4.46. The molecule has 0 bridgehead atoms. The summed E-state index contributed by atoms with van der Waals surface area (Å²) in [6, 6.07) is 8.72. The van der Waals surface area contributed by atoms with E-state index in [1.165, 1.54) is 0 Å². The second-order valence-corrected chi connectivity index (χ2v) is 7.30. The summed E-state index contributed by atoms with van der Waals surface area (Å²) in [5.74, 6) is 0. The Bertz CT molecular complexity index is 899. The van der Waals surface area contributed by atoms with E-state index in [-0.39, 0.29) is 0 Å². The zero-order valence-corrected chi connectivity index (χ0v) is 15.7. The normalized spacial score (nSPS) is 18.0. The number of aromatic nitrogens is 2. The van der Waals surface area contributed by atoms with Gasteiger partial charge in [-0.15, -0.1) is 11.8 Å². The summed E-state index contributed by atoms with van der Waals surface area (Å²) in [5.41, 5.74) is 3.26. The van der Waals surface area contributed by atoms with E-state index in [1.807, 2.05) is 30.5 Å². The Morgan fingerprint density at radius 1 is 1.40 bits per heavy atom. The lowest BCUT2D eigenvalue weighted by Gasteiger charge is -2.32. The van der Waals surface area contributed by atoms with E-state index >= 15 is 0 Å². The molecule has 0 radical (unpaired) electrons. The average Bonchev–Trinajstić information content (AvgIpc) is 3.07. The summed E-state index contributed by atoms with van der Waals surface area (Å²) < 4.78 is 6.24. The van der Waals surface area contributed by atoms with Gasteiger partial charge in [0, 0.05) is 37.4 Å². The Labute approximate surface area is 155 Å². The molecule has 25 heavy (non-hydrogen) atoms. The quantitative estimate of drug-likeness (QED) is 0.697. The summed E-state index contributed by atoms with van der Waals surface area (Å²) >= 11 is 8.11. The molecule has 7 heteroatoms. The maximum Gasteiger partial charge on any atom is 0.298 e. The molecule has 5 nitrogen and oxygen atoms in total. The summed E-state index contributed by atoms with van der Waals surface area (Å²) in [6.07, 6.45) is 3.77. The fourth-order valence-electron chi connectivity index (χ4n) is 3.17. The third-order valence-corrected chi connectivity index (χ3v) is 5.69. The van der Waals surface area contributed by atoms with Crippen LogP contribution in [0, 0.1) is 0 Å². The van der Waals surface area contributed by atoms with Gasteiger partial charge in [-0.2, -0.15) is 4.98 Å². The van der Waals surface area contributed by atoms with Crippen LogP contribution in [-0.4, -0.2) is 41.9 Å². The minimum atomic E-state index is 0.327. The van der Waals surface area contributed by atoms with Crippen molar-refractivity contribution in [1.82, 2.24) is 15.3 Å². The van der Waals surface area contributed by atoms with Crippen LogP contribution >= 0.6 is 23.4 Å². The smallest absolute Gasteiger partial charge is 0.298 e. The zero-order valence-electron chi connectivity index (χ0n) is 14.1. The van der Waals surface area contributed by atoms with Crippen LogP contribution in [0.1, 0.15) is 6.92 Å². The van der Waals surface area contributed by atoms with Crippen LogP contribution in [0.2, 0.25) is 5.02 Å². The predicted octanol–water partition coefficient (Wildman–Crippen LogP) is 4.06. The number of hydrogen-bond donors (Lipinski definition) is 1. The van der Waals surface area contributed by atoms with Crippen molar-refractivity contribution >= 4 is 40.5 Å². The fourth-order valence-corrected chi connectivity index (χ4v) is 4.19. The Kier molecular flexibility index (Phi) is 4.58. The number of fused-ring (bicyclic) bond motifs is 1. The van der Waals surface area contributed by atoms with Crippen LogP contribution in [0.3, 0.4) is 0 Å². The number of anilines is 1. The molecule has 0 spiro atoms. The van der Waals surface area contributed by atoms with Crippen LogP contribution < -0.4 is 10.2 Å². The summed E-state index contributed by atoms with van der Waals surface area (Å²) in [5, 5.41) is 4.07. The van der Waals surface area contributed by atoms with Crippen LogP contribution in [0.4, 0.5) is 6.01 Å². The van der Waals surface area contributed by atoms with Crippen molar-refractivity contribution in [1.29, 1.82) is 0 Å². The molecule has 130 valence electrons. The number of halogens is 1. The minimum absolute atomic E-state index is 0.327. The van der Waals surface area contributed by atoms with Gasteiger partial charge in [0.15, 0.2) is 5.58 Å². The first-order valence-corrected chi connectivity index (χ1v) is 9.85. The van der Waals surface area contributed by atoms with Crippen LogP contribution in [0.15, 0.2) is 39.8 Å². The summed E-state index contributed by atoms with van der Waals surface area (Å²) in [7, 11) is 0. The maximum absolute atomic E-state index is 6.53. The number of thioether (sulfide) groups is 1. The van der Waals surface area contributed by atoms with Crippen LogP contribution in [0.5, 0.6) is 0 Å². The summed E-state index contributed by atoms with van der Waals surface area (Å²) in [4.78, 5) is 12.4. The van der Waals surface area contributed by atoms with E-state index in [0.29, 0.717) is 17.1 Å². The van der Waals surface area contributed by atoms with Gasteiger partial charge in [0.2, 0.25) is 0 Å². The van der Waals surface area contributed by atoms with Gasteiger partial charge in [0.05, 0.1) is 15.6 Å². The Morgan fingerprint density at radius 3 is 3.00 bits per heavy atom. The highest BCUT2D eigenvalue weighted by Crippen LogP contribution is 2.41. The van der Waals surface area contributed by atoms with Crippen molar-refractivity contribution < 1.29 is 4.42 Å². The van der Waals surface area contributed by atoms with Crippen molar-refractivity contribution in [3.8, 4) is 11.3 Å². The number of rotatable bonds is 3. The second-order valence-electron chi connectivity index (χ2n) is 6.07. The Hall–Kier alpha value is -1.76. The van der Waals surface area contributed by atoms with Gasteiger partial charge in [-0.1, -0.05) is 17.7 Å². The maximum atomic E-state index is 6.53. The first-order chi connectivity index (χ1) is 12.2. The predicted molar refractivity (Wildman–Crippen MR) is 104 cm³/mol. The first-order valence-electron chi connectivity index (χ1n) is 8.25. The van der Waals surface area contributed by atoms with Gasteiger partial charge in [0.1, 0.15) is 5.52 Å². The van der Waals surface area contributed by atoms with E-state index in [2.05, 4.69) is 22.1 Å². The van der Waals surface area contributed by atoms with E-state index in [4.69, 9.17) is 21.0 Å². The van der Waals surface area contributed by atoms with E-state index in [0.717, 1.165) is 46.9 Å². The number of oxazole rings is 1. The number of piperazine rings is 1. The lowest BCUT2D eigenvalue weighted by atomic mass is 10.1. The number of pyridine rings is 1. The molecule has 4 rings (SSSR count). The molecule has 1 aromatic carbocycles. The Balaban J connectivity index is 1.92. The standard InChI is InChI=1S/C18H19ClN4OS/c1-11-10-20-7-8-23(11)18-22-15-16(24-18)12(9-13(19)17(15)25-2)14-5-3-4-6-21-14/h3-6,9,11,20H,7-8,10H2,1-2H3. The van der Waals surface area contributed by atoms with Crippen molar-refractivity contribution in [3.63, 3.8) is 0 Å². The zero-order chi connectivity index (χ0) is 17.4. The van der Waals surface area contributed by atoms with E-state index < -0.39 is 0 Å². The summed E-state index contributed by atoms with van der Waals surface area (Å²) in [6.45, 7) is 4.88. The van der Waals surface area contributed by atoms with Crippen LogP contribution in [0.25, 0.3) is 22.4 Å². The molecule has 1 saturated heterocycles. The molecule has 1 aliphatic heterocycles. The topological polar surface area (TPSA) is 54.2 Å². The molecular formula is C18H19ClN4OS. The molecule has 1 atom stereocenters. The largest absolute Gasteiger partial charge is 0.423 e. The van der Waals surface area contributed by atoms with Gasteiger partial charge in [-0.25, -0.2) is 0 Å². The highest BCUT2D eigenvalue weighted by Gasteiger charge is 2.25. The number of benzene rings is 1.